The van der Waals surface area contributed by atoms with Gasteiger partial charge in [0, 0.05) is 31.1 Å². The summed E-state index contributed by atoms with van der Waals surface area (Å²) in [6.07, 6.45) is 4.44. The van der Waals surface area contributed by atoms with Crippen LogP contribution in [0.4, 0.5) is 0 Å². The average molecular weight is 459 g/mol. The minimum atomic E-state index is -0.966. The molecule has 180 valence electrons. The van der Waals surface area contributed by atoms with Gasteiger partial charge < -0.3 is 29.2 Å². The molecule has 0 saturated heterocycles. The molecule has 0 spiro atoms. The van der Waals surface area contributed by atoms with E-state index in [-0.39, 0.29) is 11.3 Å². The number of hydrogen-bond acceptors (Lipinski definition) is 6. The monoisotopic (exact) mass is 458 g/mol. The van der Waals surface area contributed by atoms with Gasteiger partial charge in [0.15, 0.2) is 11.5 Å². The third-order valence-corrected chi connectivity index (χ3v) is 4.96. The Morgan fingerprint density at radius 1 is 0.970 bits per heavy atom. The van der Waals surface area contributed by atoms with Crippen molar-refractivity contribution >= 4 is 12.0 Å². The normalized spacial score (nSPS) is 11.3. The molecule has 0 heterocycles. The molecule has 0 aliphatic rings. The van der Waals surface area contributed by atoms with E-state index in [1.807, 2.05) is 13.0 Å². The minimum absolute atomic E-state index is 0.147. The summed E-state index contributed by atoms with van der Waals surface area (Å²) in [5.74, 6) is 0.948. The molecular weight excluding hydrogens is 424 g/mol. The number of benzene rings is 2. The van der Waals surface area contributed by atoms with Crippen molar-refractivity contribution in [2.24, 2.45) is 0 Å². The quantitative estimate of drug-likeness (QED) is 0.283. The number of aromatic hydroxyl groups is 1. The molecule has 0 amide bonds. The summed E-state index contributed by atoms with van der Waals surface area (Å²) in [4.78, 5) is 11.6. The summed E-state index contributed by atoms with van der Waals surface area (Å²) in [6, 6.07) is 10.4. The van der Waals surface area contributed by atoms with E-state index >= 15 is 0 Å². The highest BCUT2D eigenvalue weighted by Gasteiger charge is 2.11. The van der Waals surface area contributed by atoms with Crippen LogP contribution in [0.5, 0.6) is 23.0 Å². The Kier molecular flexibility index (Phi) is 11.1. The van der Waals surface area contributed by atoms with Gasteiger partial charge in [-0.3, -0.25) is 0 Å². The molecule has 7 nitrogen and oxygen atoms in total. The lowest BCUT2D eigenvalue weighted by atomic mass is 10.1. The summed E-state index contributed by atoms with van der Waals surface area (Å²) in [5.41, 5.74) is 1.92. The third-order valence-electron chi connectivity index (χ3n) is 4.96. The van der Waals surface area contributed by atoms with E-state index in [0.717, 1.165) is 24.0 Å². The predicted molar refractivity (Wildman–Crippen MR) is 127 cm³/mol. The number of rotatable bonds is 15. The number of carbonyl (C=O) groups is 1. The van der Waals surface area contributed by atoms with Crippen LogP contribution in [0.15, 0.2) is 42.0 Å². The summed E-state index contributed by atoms with van der Waals surface area (Å²) >= 11 is 0. The molecule has 2 aromatic rings. The highest BCUT2D eigenvalue weighted by atomic mass is 16.5. The van der Waals surface area contributed by atoms with Crippen molar-refractivity contribution < 1.29 is 34.0 Å². The number of carboxylic acids is 1. The largest absolute Gasteiger partial charge is 0.508 e. The maximum absolute atomic E-state index is 11.6. The van der Waals surface area contributed by atoms with Crippen molar-refractivity contribution in [3.05, 3.63) is 53.1 Å². The molecule has 2 N–H and O–H groups in total. The number of hydrogen-bond donors (Lipinski definition) is 2. The predicted octanol–water partition coefficient (Wildman–Crippen LogP) is 5.10. The van der Waals surface area contributed by atoms with Gasteiger partial charge in [0.2, 0.25) is 0 Å². The SMILES string of the molecule is CCCCOc1cc(C=C(CCOCC)C(=O)O)ccc1OCCc1ccc(O)cc1OC. The van der Waals surface area contributed by atoms with Gasteiger partial charge in [0.1, 0.15) is 11.5 Å². The second kappa shape index (κ2) is 14.1. The number of aliphatic carboxylic acids is 1. The van der Waals surface area contributed by atoms with E-state index in [0.29, 0.717) is 56.5 Å². The molecule has 7 heteroatoms. The smallest absolute Gasteiger partial charge is 0.331 e. The maximum atomic E-state index is 11.6. The Bertz CT molecular complexity index is 921. The first-order chi connectivity index (χ1) is 16.0. The van der Waals surface area contributed by atoms with Gasteiger partial charge in [-0.15, -0.1) is 0 Å². The van der Waals surface area contributed by atoms with Gasteiger partial charge in [0.25, 0.3) is 0 Å². The van der Waals surface area contributed by atoms with E-state index in [1.54, 1.807) is 43.5 Å². The van der Waals surface area contributed by atoms with E-state index in [1.165, 1.54) is 0 Å². The molecule has 0 bridgehead atoms. The topological polar surface area (TPSA) is 94.5 Å². The van der Waals surface area contributed by atoms with Crippen molar-refractivity contribution in [2.75, 3.05) is 33.5 Å². The Balaban J connectivity index is 2.16. The molecule has 0 unspecified atom stereocenters. The van der Waals surface area contributed by atoms with Gasteiger partial charge >= 0.3 is 5.97 Å². The Labute approximate surface area is 195 Å². The first-order valence-electron chi connectivity index (χ1n) is 11.3. The van der Waals surface area contributed by atoms with Crippen molar-refractivity contribution in [2.45, 2.75) is 39.5 Å². The van der Waals surface area contributed by atoms with Crippen molar-refractivity contribution in [3.63, 3.8) is 0 Å². The lowest BCUT2D eigenvalue weighted by Crippen LogP contribution is -2.06. The fraction of sp³-hybridized carbons (Fsp3) is 0.423. The molecule has 33 heavy (non-hydrogen) atoms. The van der Waals surface area contributed by atoms with E-state index < -0.39 is 5.97 Å². The highest BCUT2D eigenvalue weighted by Crippen LogP contribution is 2.31. The van der Waals surface area contributed by atoms with Gasteiger partial charge in [-0.1, -0.05) is 25.5 Å². The second-order valence-corrected chi connectivity index (χ2v) is 7.42. The van der Waals surface area contributed by atoms with E-state index in [9.17, 15) is 15.0 Å². The Morgan fingerprint density at radius 3 is 2.45 bits per heavy atom. The molecule has 2 rings (SSSR count). The zero-order valence-corrected chi connectivity index (χ0v) is 19.6. The average Bonchev–Trinajstić information content (AvgIpc) is 2.80. The van der Waals surface area contributed by atoms with Gasteiger partial charge in [0.05, 0.1) is 26.9 Å². The van der Waals surface area contributed by atoms with Crippen LogP contribution in [0.25, 0.3) is 6.08 Å². The molecule has 0 aliphatic carbocycles. The zero-order valence-electron chi connectivity index (χ0n) is 19.6. The maximum Gasteiger partial charge on any atom is 0.331 e. The van der Waals surface area contributed by atoms with Crippen LogP contribution in [0.1, 0.15) is 44.2 Å². The molecule has 0 radical (unpaired) electrons. The van der Waals surface area contributed by atoms with Crippen LogP contribution in [-0.4, -0.2) is 49.7 Å². The number of methoxy groups -OCH3 is 1. The molecule has 0 fully saturated rings. The number of unbranched alkanes of at least 4 members (excludes halogenated alkanes) is 1. The summed E-state index contributed by atoms with van der Waals surface area (Å²) < 4.78 is 22.5. The van der Waals surface area contributed by atoms with Gasteiger partial charge in [-0.25, -0.2) is 4.79 Å². The summed E-state index contributed by atoms with van der Waals surface area (Å²) in [5, 5.41) is 19.1. The van der Waals surface area contributed by atoms with Crippen LogP contribution in [0, 0.1) is 0 Å². The second-order valence-electron chi connectivity index (χ2n) is 7.42. The summed E-state index contributed by atoms with van der Waals surface area (Å²) in [7, 11) is 1.56. The Morgan fingerprint density at radius 2 is 1.76 bits per heavy atom. The first kappa shape index (κ1) is 26.1. The molecule has 0 saturated carbocycles. The molecule has 0 aliphatic heterocycles. The number of phenols is 1. The Hall–Kier alpha value is -3.19. The fourth-order valence-corrected chi connectivity index (χ4v) is 3.15. The van der Waals surface area contributed by atoms with Crippen molar-refractivity contribution in [1.82, 2.24) is 0 Å². The lowest BCUT2D eigenvalue weighted by Gasteiger charge is -2.15. The van der Waals surface area contributed by atoms with Crippen LogP contribution >= 0.6 is 0 Å². The van der Waals surface area contributed by atoms with Crippen LogP contribution in [0.2, 0.25) is 0 Å². The van der Waals surface area contributed by atoms with Crippen LogP contribution < -0.4 is 14.2 Å². The molecule has 0 atom stereocenters. The molecule has 0 aromatic heterocycles. The number of ether oxygens (including phenoxy) is 4. The number of carboxylic acid groups (broad SMARTS) is 1. The van der Waals surface area contributed by atoms with Gasteiger partial charge in [-0.2, -0.15) is 0 Å². The summed E-state index contributed by atoms with van der Waals surface area (Å²) in [6.45, 7) is 5.79. The highest BCUT2D eigenvalue weighted by molar-refractivity contribution is 5.92. The molecule has 2 aromatic carbocycles. The standard InChI is InChI=1S/C26H34O7/c1-4-6-13-32-25-17-19(16-21(26(28)29)11-14-31-5-2)7-10-23(25)33-15-12-20-8-9-22(27)18-24(20)30-3/h7-10,16-18,27H,4-6,11-15H2,1-3H3,(H,28,29). The lowest BCUT2D eigenvalue weighted by molar-refractivity contribution is -0.132. The fourth-order valence-electron chi connectivity index (χ4n) is 3.15. The zero-order chi connectivity index (χ0) is 24.1. The van der Waals surface area contributed by atoms with Crippen molar-refractivity contribution in [3.8, 4) is 23.0 Å². The van der Waals surface area contributed by atoms with Crippen LogP contribution in [0.3, 0.4) is 0 Å². The van der Waals surface area contributed by atoms with Crippen LogP contribution in [-0.2, 0) is 16.0 Å². The van der Waals surface area contributed by atoms with Gasteiger partial charge in [-0.05, 0) is 48.7 Å². The minimum Gasteiger partial charge on any atom is -0.508 e. The van der Waals surface area contributed by atoms with Crippen molar-refractivity contribution in [1.29, 1.82) is 0 Å². The third kappa shape index (κ3) is 8.69. The molecular formula is C26H34O7. The number of phenolic OH excluding ortho intramolecular Hbond substituents is 1. The van der Waals surface area contributed by atoms with E-state index in [2.05, 4.69) is 6.92 Å². The first-order valence-corrected chi connectivity index (χ1v) is 11.3. The van der Waals surface area contributed by atoms with E-state index in [4.69, 9.17) is 18.9 Å².